The fourth-order valence-corrected chi connectivity index (χ4v) is 4.18. The van der Waals surface area contributed by atoms with E-state index in [1.165, 1.54) is 0 Å². The second-order valence-corrected chi connectivity index (χ2v) is 7.97. The van der Waals surface area contributed by atoms with Gasteiger partial charge >= 0.3 is 0 Å². The molecule has 1 aromatic carbocycles. The van der Waals surface area contributed by atoms with E-state index in [0.29, 0.717) is 0 Å². The van der Waals surface area contributed by atoms with Crippen LogP contribution in [0.1, 0.15) is 0 Å². The molecule has 0 aliphatic rings. The van der Waals surface area contributed by atoms with Gasteiger partial charge in [0.25, 0.3) is 0 Å². The number of nitrogen functional groups attached to an aromatic ring is 1. The molecule has 0 spiro atoms. The Morgan fingerprint density at radius 2 is 1.76 bits per heavy atom. The maximum atomic E-state index is 12.7. The van der Waals surface area contributed by atoms with Crippen molar-refractivity contribution in [1.29, 1.82) is 0 Å². The summed E-state index contributed by atoms with van der Waals surface area (Å²) in [6.07, 6.45) is 0.941. The van der Waals surface area contributed by atoms with E-state index in [2.05, 4.69) is 0 Å². The summed E-state index contributed by atoms with van der Waals surface area (Å²) in [5, 5.41) is 0. The maximum Gasteiger partial charge on any atom is 0.181 e. The zero-order valence-electron chi connectivity index (χ0n) is 9.05. The summed E-state index contributed by atoms with van der Waals surface area (Å²) in [4.78, 5) is -0.248. The Morgan fingerprint density at radius 3 is 2.24 bits per heavy atom. The van der Waals surface area contributed by atoms with Crippen LogP contribution in [-0.2, 0) is 19.7 Å². The summed E-state index contributed by atoms with van der Waals surface area (Å²) in [7, 11) is -7.19. The van der Waals surface area contributed by atoms with E-state index >= 15 is 0 Å². The van der Waals surface area contributed by atoms with E-state index < -0.39 is 37.0 Å². The molecule has 0 saturated heterocycles. The minimum Gasteiger partial charge on any atom is -0.398 e. The summed E-state index contributed by atoms with van der Waals surface area (Å²) in [5.41, 5.74) is 5.15. The molecule has 1 aromatic rings. The number of nitrogens with two attached hydrogens (primary N) is 1. The van der Waals surface area contributed by atoms with Crippen LogP contribution in [0.5, 0.6) is 0 Å². The SMILES string of the molecule is CS(=O)(=O)CCS(=O)(=O)c1ccc(F)cc1N. The van der Waals surface area contributed by atoms with E-state index in [1.54, 1.807) is 0 Å². The first-order chi connectivity index (χ1) is 7.62. The molecule has 8 heteroatoms. The largest absolute Gasteiger partial charge is 0.398 e. The first-order valence-corrected chi connectivity index (χ1v) is 8.28. The molecule has 1 rings (SSSR count). The Labute approximate surface area is 99.3 Å². The predicted octanol–water partition coefficient (Wildman–Crippen LogP) is 0.226. The highest BCUT2D eigenvalue weighted by Gasteiger charge is 2.20. The van der Waals surface area contributed by atoms with Crippen LogP contribution in [0.25, 0.3) is 0 Å². The molecule has 0 atom stereocenters. The zero-order chi connectivity index (χ0) is 13.3. The Balaban J connectivity index is 3.06. The van der Waals surface area contributed by atoms with Gasteiger partial charge in [-0.15, -0.1) is 0 Å². The summed E-state index contributed by atoms with van der Waals surface area (Å²) >= 11 is 0. The van der Waals surface area contributed by atoms with Crippen LogP contribution in [0.15, 0.2) is 23.1 Å². The van der Waals surface area contributed by atoms with E-state index in [9.17, 15) is 21.2 Å². The number of anilines is 1. The van der Waals surface area contributed by atoms with Gasteiger partial charge in [0.15, 0.2) is 9.84 Å². The molecule has 0 aromatic heterocycles. The lowest BCUT2D eigenvalue weighted by Crippen LogP contribution is -2.17. The van der Waals surface area contributed by atoms with Crippen LogP contribution in [0.4, 0.5) is 10.1 Å². The highest BCUT2D eigenvalue weighted by atomic mass is 32.2. The molecule has 0 aliphatic carbocycles. The van der Waals surface area contributed by atoms with E-state index in [-0.39, 0.29) is 10.6 Å². The molecule has 0 aliphatic heterocycles. The number of halogens is 1. The van der Waals surface area contributed by atoms with Crippen molar-refractivity contribution in [2.24, 2.45) is 0 Å². The van der Waals surface area contributed by atoms with Gasteiger partial charge in [-0.25, -0.2) is 21.2 Å². The van der Waals surface area contributed by atoms with Crippen LogP contribution in [0.2, 0.25) is 0 Å². The quantitative estimate of drug-likeness (QED) is 0.629. The molecule has 5 nitrogen and oxygen atoms in total. The summed E-state index contributed by atoms with van der Waals surface area (Å²) in [6, 6.07) is 2.87. The molecule has 0 amide bonds. The van der Waals surface area contributed by atoms with Crippen molar-refractivity contribution < 1.29 is 21.2 Å². The molecule has 0 bridgehead atoms. The first-order valence-electron chi connectivity index (χ1n) is 4.57. The smallest absolute Gasteiger partial charge is 0.181 e. The lowest BCUT2D eigenvalue weighted by Gasteiger charge is -2.06. The van der Waals surface area contributed by atoms with Crippen LogP contribution >= 0.6 is 0 Å². The highest BCUT2D eigenvalue weighted by Crippen LogP contribution is 2.20. The number of benzene rings is 1. The fourth-order valence-electron chi connectivity index (χ4n) is 1.17. The van der Waals surface area contributed by atoms with E-state index in [4.69, 9.17) is 5.73 Å². The first kappa shape index (κ1) is 13.9. The molecule has 0 radical (unpaired) electrons. The normalized spacial score (nSPS) is 12.6. The Bertz CT molecular complexity index is 622. The maximum absolute atomic E-state index is 12.7. The Kier molecular flexibility index (Phi) is 3.78. The van der Waals surface area contributed by atoms with Gasteiger partial charge < -0.3 is 5.73 Å². The summed E-state index contributed by atoms with van der Waals surface area (Å²) < 4.78 is 58.0. The monoisotopic (exact) mass is 281 g/mol. The van der Waals surface area contributed by atoms with Gasteiger partial charge in [0.2, 0.25) is 0 Å². The average molecular weight is 281 g/mol. The predicted molar refractivity (Wildman–Crippen MR) is 62.6 cm³/mol. The van der Waals surface area contributed by atoms with Crippen LogP contribution in [0, 0.1) is 5.82 Å². The molecular formula is C9H12FNO4S2. The van der Waals surface area contributed by atoms with Gasteiger partial charge in [-0.2, -0.15) is 0 Å². The molecule has 0 saturated carbocycles. The van der Waals surface area contributed by atoms with E-state index in [1.807, 2.05) is 0 Å². The van der Waals surface area contributed by atoms with Crippen molar-refractivity contribution in [3.8, 4) is 0 Å². The zero-order valence-corrected chi connectivity index (χ0v) is 10.7. The third kappa shape index (κ3) is 3.97. The van der Waals surface area contributed by atoms with Gasteiger partial charge in [-0.05, 0) is 18.2 Å². The van der Waals surface area contributed by atoms with Crippen molar-refractivity contribution in [3.05, 3.63) is 24.0 Å². The number of hydrogen-bond donors (Lipinski definition) is 1. The van der Waals surface area contributed by atoms with Gasteiger partial charge in [0.1, 0.15) is 15.7 Å². The van der Waals surface area contributed by atoms with Crippen molar-refractivity contribution >= 4 is 25.4 Å². The lowest BCUT2D eigenvalue weighted by molar-refractivity contribution is 0.589. The minimum absolute atomic E-state index is 0.224. The summed E-state index contributed by atoms with van der Waals surface area (Å²) in [6.45, 7) is 0. The standard InChI is InChI=1S/C9H12FNO4S2/c1-16(12,13)4-5-17(14,15)9-3-2-7(10)6-8(9)11/h2-3,6H,4-5,11H2,1H3. The molecule has 0 unspecified atom stereocenters. The van der Waals surface area contributed by atoms with Crippen molar-refractivity contribution in [1.82, 2.24) is 0 Å². The van der Waals surface area contributed by atoms with Gasteiger partial charge in [-0.3, -0.25) is 0 Å². The number of rotatable bonds is 4. The third-order valence-corrected chi connectivity index (χ3v) is 5.02. The van der Waals surface area contributed by atoms with Crippen molar-refractivity contribution in [3.63, 3.8) is 0 Å². The minimum atomic E-state index is -3.81. The van der Waals surface area contributed by atoms with Crippen LogP contribution in [-0.4, -0.2) is 34.6 Å². The molecule has 2 N–H and O–H groups in total. The second kappa shape index (κ2) is 4.61. The third-order valence-electron chi connectivity index (χ3n) is 2.03. The topological polar surface area (TPSA) is 94.3 Å². The van der Waals surface area contributed by atoms with Gasteiger partial charge in [0, 0.05) is 6.26 Å². The van der Waals surface area contributed by atoms with Crippen LogP contribution in [0.3, 0.4) is 0 Å². The second-order valence-electron chi connectivity index (χ2n) is 3.63. The van der Waals surface area contributed by atoms with Crippen LogP contribution < -0.4 is 5.73 Å². The lowest BCUT2D eigenvalue weighted by atomic mass is 10.3. The van der Waals surface area contributed by atoms with Gasteiger partial charge in [-0.1, -0.05) is 0 Å². The Hall–Kier alpha value is -1.15. The fraction of sp³-hybridized carbons (Fsp3) is 0.333. The molecule has 0 fully saturated rings. The Morgan fingerprint density at radius 1 is 1.18 bits per heavy atom. The summed E-state index contributed by atoms with van der Waals surface area (Å²) in [5.74, 6) is -1.71. The molecule has 0 heterocycles. The number of hydrogen-bond acceptors (Lipinski definition) is 5. The van der Waals surface area contributed by atoms with Crippen molar-refractivity contribution in [2.45, 2.75) is 4.90 Å². The van der Waals surface area contributed by atoms with E-state index in [0.717, 1.165) is 24.5 Å². The average Bonchev–Trinajstić information content (AvgIpc) is 2.13. The molecule has 96 valence electrons. The molecular weight excluding hydrogens is 269 g/mol. The highest BCUT2D eigenvalue weighted by molar-refractivity contribution is 7.94. The van der Waals surface area contributed by atoms with Gasteiger partial charge in [0.05, 0.1) is 22.1 Å². The van der Waals surface area contributed by atoms with Crippen molar-refractivity contribution in [2.75, 3.05) is 23.5 Å². The number of sulfone groups is 2. The molecule has 17 heavy (non-hydrogen) atoms.